The van der Waals surface area contributed by atoms with Crippen molar-refractivity contribution in [2.24, 2.45) is 11.8 Å². The lowest BCUT2D eigenvalue weighted by Gasteiger charge is -2.17. The molecule has 1 saturated heterocycles. The molecule has 1 fully saturated rings. The number of aromatic nitrogens is 1. The molecule has 134 valence electrons. The molecule has 0 spiro atoms. The van der Waals surface area contributed by atoms with E-state index in [0.717, 1.165) is 42.9 Å². The number of nitrogens with zero attached hydrogens (tertiary/aromatic N) is 2. The van der Waals surface area contributed by atoms with Gasteiger partial charge in [0.2, 0.25) is 0 Å². The smallest absolute Gasteiger partial charge is 0.321 e. The fourth-order valence-electron chi connectivity index (χ4n) is 3.70. The predicted molar refractivity (Wildman–Crippen MR) is 101 cm³/mol. The molecule has 0 bridgehead atoms. The summed E-state index contributed by atoms with van der Waals surface area (Å²) < 4.78 is 5.80. The van der Waals surface area contributed by atoms with E-state index in [1.807, 2.05) is 41.3 Å². The zero-order valence-electron chi connectivity index (χ0n) is 14.7. The van der Waals surface area contributed by atoms with E-state index in [-0.39, 0.29) is 6.03 Å². The van der Waals surface area contributed by atoms with Gasteiger partial charge in [0.25, 0.3) is 0 Å². The third-order valence-electron chi connectivity index (χ3n) is 5.12. The standard InChI is InChI=1S/C21H23N3O2/c25-21(24-13-17-6-1-2-7-18(17)14-24)23-19-8-3-9-20(11-19)26-15-16-5-4-10-22-12-16/h1-5,8-12,17-18H,6-7,13-15H2,(H,23,25). The fourth-order valence-corrected chi connectivity index (χ4v) is 3.70. The average Bonchev–Trinajstić information content (AvgIpc) is 3.12. The number of pyridine rings is 1. The molecular formula is C21H23N3O2. The molecule has 1 aromatic carbocycles. The lowest BCUT2D eigenvalue weighted by molar-refractivity contribution is 0.220. The molecule has 0 radical (unpaired) electrons. The van der Waals surface area contributed by atoms with Crippen LogP contribution in [-0.4, -0.2) is 29.0 Å². The summed E-state index contributed by atoms with van der Waals surface area (Å²) in [6.07, 6.45) is 10.2. The van der Waals surface area contributed by atoms with E-state index in [9.17, 15) is 4.79 Å². The van der Waals surface area contributed by atoms with Gasteiger partial charge in [-0.3, -0.25) is 4.98 Å². The molecule has 26 heavy (non-hydrogen) atoms. The largest absolute Gasteiger partial charge is 0.489 e. The van der Waals surface area contributed by atoms with E-state index in [1.165, 1.54) is 0 Å². The number of hydrogen-bond donors (Lipinski definition) is 1. The lowest BCUT2D eigenvalue weighted by atomic mass is 9.86. The van der Waals surface area contributed by atoms with Gasteiger partial charge in [-0.1, -0.05) is 24.3 Å². The van der Waals surface area contributed by atoms with Crippen LogP contribution in [0.15, 0.2) is 60.9 Å². The number of rotatable bonds is 4. The number of ether oxygens (including phenoxy) is 1. The molecule has 2 amide bonds. The monoisotopic (exact) mass is 349 g/mol. The van der Waals surface area contributed by atoms with Crippen molar-refractivity contribution in [2.45, 2.75) is 19.4 Å². The van der Waals surface area contributed by atoms with Crippen LogP contribution < -0.4 is 10.1 Å². The summed E-state index contributed by atoms with van der Waals surface area (Å²) in [5, 5.41) is 3.01. The topological polar surface area (TPSA) is 54.5 Å². The van der Waals surface area contributed by atoms with Crippen LogP contribution in [-0.2, 0) is 6.61 Å². The second-order valence-electron chi connectivity index (χ2n) is 6.98. The summed E-state index contributed by atoms with van der Waals surface area (Å²) in [7, 11) is 0. The summed E-state index contributed by atoms with van der Waals surface area (Å²) in [5.41, 5.74) is 1.77. The van der Waals surface area contributed by atoms with Crippen LogP contribution in [0.25, 0.3) is 0 Å². The number of carbonyl (C=O) groups is 1. The highest BCUT2D eigenvalue weighted by molar-refractivity contribution is 5.89. The first-order chi connectivity index (χ1) is 12.8. The van der Waals surface area contributed by atoms with Crippen molar-refractivity contribution in [1.82, 2.24) is 9.88 Å². The van der Waals surface area contributed by atoms with Crippen LogP contribution in [0.2, 0.25) is 0 Å². The molecule has 2 aromatic rings. The fraction of sp³-hybridized carbons (Fsp3) is 0.333. The van der Waals surface area contributed by atoms with Crippen LogP contribution in [0, 0.1) is 11.8 Å². The Morgan fingerprint density at radius 3 is 2.69 bits per heavy atom. The average molecular weight is 349 g/mol. The van der Waals surface area contributed by atoms with Gasteiger partial charge in [0, 0.05) is 42.8 Å². The van der Waals surface area contributed by atoms with E-state index in [4.69, 9.17) is 4.74 Å². The highest BCUT2D eigenvalue weighted by Gasteiger charge is 2.35. The Morgan fingerprint density at radius 1 is 1.15 bits per heavy atom. The third kappa shape index (κ3) is 3.87. The van der Waals surface area contributed by atoms with Crippen molar-refractivity contribution in [1.29, 1.82) is 0 Å². The molecule has 5 heteroatoms. The molecule has 2 unspecified atom stereocenters. The molecule has 1 aliphatic carbocycles. The Morgan fingerprint density at radius 2 is 1.96 bits per heavy atom. The number of urea groups is 1. The van der Waals surface area contributed by atoms with Crippen LogP contribution in [0.3, 0.4) is 0 Å². The van der Waals surface area contributed by atoms with Crippen LogP contribution in [0.1, 0.15) is 18.4 Å². The van der Waals surface area contributed by atoms with Gasteiger partial charge in [-0.05, 0) is 42.9 Å². The predicted octanol–water partition coefficient (Wildman–Crippen LogP) is 4.09. The molecule has 2 atom stereocenters. The van der Waals surface area contributed by atoms with Crippen molar-refractivity contribution in [2.75, 3.05) is 18.4 Å². The van der Waals surface area contributed by atoms with Gasteiger partial charge in [0.05, 0.1) is 0 Å². The second kappa shape index (κ2) is 7.60. The normalized spacial score (nSPS) is 21.3. The van der Waals surface area contributed by atoms with Crippen molar-refractivity contribution >= 4 is 11.7 Å². The maximum atomic E-state index is 12.6. The molecule has 2 heterocycles. The first kappa shape index (κ1) is 16.6. The van der Waals surface area contributed by atoms with Crippen molar-refractivity contribution in [3.05, 3.63) is 66.5 Å². The summed E-state index contributed by atoms with van der Waals surface area (Å²) in [6, 6.07) is 11.4. The molecule has 4 rings (SSSR count). The van der Waals surface area contributed by atoms with E-state index in [0.29, 0.717) is 18.4 Å². The number of benzene rings is 1. The van der Waals surface area contributed by atoms with Gasteiger partial charge in [-0.25, -0.2) is 4.79 Å². The van der Waals surface area contributed by atoms with Crippen molar-refractivity contribution in [3.63, 3.8) is 0 Å². The Bertz CT molecular complexity index is 775. The van der Waals surface area contributed by atoms with Crippen LogP contribution in [0.4, 0.5) is 10.5 Å². The number of allylic oxidation sites excluding steroid dienone is 2. The van der Waals surface area contributed by atoms with Crippen molar-refractivity contribution in [3.8, 4) is 5.75 Å². The lowest BCUT2D eigenvalue weighted by Crippen LogP contribution is -2.33. The number of likely N-dealkylation sites (tertiary alicyclic amines) is 1. The Hall–Kier alpha value is -2.82. The van der Waals surface area contributed by atoms with Gasteiger partial charge in [0.15, 0.2) is 0 Å². The zero-order chi connectivity index (χ0) is 17.8. The SMILES string of the molecule is O=C(Nc1cccc(OCc2cccnc2)c1)N1CC2CC=CCC2C1. The Balaban J connectivity index is 1.34. The number of fused-ring (bicyclic) bond motifs is 1. The number of nitrogens with one attached hydrogen (secondary N) is 1. The van der Waals surface area contributed by atoms with Crippen LogP contribution >= 0.6 is 0 Å². The highest BCUT2D eigenvalue weighted by atomic mass is 16.5. The van der Waals surface area contributed by atoms with Gasteiger partial charge in [-0.2, -0.15) is 0 Å². The number of carbonyl (C=O) groups excluding carboxylic acids is 1. The summed E-state index contributed by atoms with van der Waals surface area (Å²) in [4.78, 5) is 18.6. The van der Waals surface area contributed by atoms with E-state index in [2.05, 4.69) is 22.5 Å². The first-order valence-electron chi connectivity index (χ1n) is 9.10. The van der Waals surface area contributed by atoms with Gasteiger partial charge >= 0.3 is 6.03 Å². The summed E-state index contributed by atoms with van der Waals surface area (Å²) >= 11 is 0. The molecular weight excluding hydrogens is 326 g/mol. The molecule has 0 saturated carbocycles. The second-order valence-corrected chi connectivity index (χ2v) is 6.98. The van der Waals surface area contributed by atoms with E-state index >= 15 is 0 Å². The van der Waals surface area contributed by atoms with Gasteiger partial charge in [0.1, 0.15) is 12.4 Å². The molecule has 1 N–H and O–H groups in total. The minimum Gasteiger partial charge on any atom is -0.489 e. The molecule has 1 aromatic heterocycles. The number of amides is 2. The summed E-state index contributed by atoms with van der Waals surface area (Å²) in [5.74, 6) is 1.95. The quantitative estimate of drug-likeness (QED) is 0.846. The molecule has 2 aliphatic rings. The molecule has 5 nitrogen and oxygen atoms in total. The number of anilines is 1. The minimum atomic E-state index is -0.0243. The van der Waals surface area contributed by atoms with Crippen molar-refractivity contribution < 1.29 is 9.53 Å². The first-order valence-corrected chi connectivity index (χ1v) is 9.10. The van der Waals surface area contributed by atoms with E-state index in [1.54, 1.807) is 12.4 Å². The Kier molecular flexibility index (Phi) is 4.86. The third-order valence-corrected chi connectivity index (χ3v) is 5.12. The molecule has 1 aliphatic heterocycles. The highest BCUT2D eigenvalue weighted by Crippen LogP contribution is 2.33. The van der Waals surface area contributed by atoms with Gasteiger partial charge < -0.3 is 15.0 Å². The number of hydrogen-bond acceptors (Lipinski definition) is 3. The minimum absolute atomic E-state index is 0.0243. The summed E-state index contributed by atoms with van der Waals surface area (Å²) in [6.45, 7) is 2.14. The van der Waals surface area contributed by atoms with Crippen LogP contribution in [0.5, 0.6) is 5.75 Å². The van der Waals surface area contributed by atoms with E-state index < -0.39 is 0 Å². The zero-order valence-corrected chi connectivity index (χ0v) is 14.7. The maximum Gasteiger partial charge on any atom is 0.321 e. The van der Waals surface area contributed by atoms with Gasteiger partial charge in [-0.15, -0.1) is 0 Å². The Labute approximate surface area is 153 Å². The maximum absolute atomic E-state index is 12.6.